The molecule has 0 radical (unpaired) electrons. The first-order chi connectivity index (χ1) is 12.8. The van der Waals surface area contributed by atoms with E-state index in [1.807, 2.05) is 4.68 Å². The number of fused-ring (bicyclic) bond motifs is 1. The maximum atomic E-state index is 5.51. The number of nitrogens with zero attached hydrogens (tertiary/aromatic N) is 7. The topological polar surface area (TPSA) is 117 Å². The molecule has 0 bridgehead atoms. The Morgan fingerprint density at radius 1 is 1.35 bits per heavy atom. The van der Waals surface area contributed by atoms with Gasteiger partial charge in [0.05, 0.1) is 36.9 Å². The van der Waals surface area contributed by atoms with Gasteiger partial charge in [0.25, 0.3) is 0 Å². The van der Waals surface area contributed by atoms with Crippen molar-refractivity contribution in [3.8, 4) is 11.5 Å². The predicted octanol–water partition coefficient (Wildman–Crippen LogP) is 1.08. The summed E-state index contributed by atoms with van der Waals surface area (Å²) in [4.78, 5) is 13.1. The van der Waals surface area contributed by atoms with Gasteiger partial charge in [-0.25, -0.2) is 14.6 Å². The smallest absolute Gasteiger partial charge is 0.230 e. The van der Waals surface area contributed by atoms with Crippen molar-refractivity contribution < 1.29 is 9.26 Å². The summed E-state index contributed by atoms with van der Waals surface area (Å²) in [6, 6.07) is 0. The molecule has 1 atom stereocenters. The molecule has 0 aliphatic heterocycles. The highest BCUT2D eigenvalue weighted by atomic mass is 16.5. The summed E-state index contributed by atoms with van der Waals surface area (Å²) in [5.74, 6) is 1.90. The quantitative estimate of drug-likeness (QED) is 0.692. The standard InChI is InChI=1S/C16H20N8O2/c1-17-14-9-18-12(8-19-14)15-20-16(26-22-15)10-3-4-11-13(7-10)24(23-21-11)5-6-25-2/h8-10H,3-7H2,1-2H3,(H,17,19). The van der Waals surface area contributed by atoms with Crippen molar-refractivity contribution in [1.82, 2.24) is 35.1 Å². The summed E-state index contributed by atoms with van der Waals surface area (Å²) in [6.45, 7) is 1.29. The molecule has 0 saturated heterocycles. The highest BCUT2D eigenvalue weighted by molar-refractivity contribution is 5.48. The van der Waals surface area contributed by atoms with Gasteiger partial charge in [-0.1, -0.05) is 10.4 Å². The molecular formula is C16H20N8O2. The highest BCUT2D eigenvalue weighted by Gasteiger charge is 2.29. The van der Waals surface area contributed by atoms with Crippen LogP contribution in [0.5, 0.6) is 0 Å². The van der Waals surface area contributed by atoms with E-state index >= 15 is 0 Å². The Hall–Kier alpha value is -2.88. The van der Waals surface area contributed by atoms with Gasteiger partial charge in [0, 0.05) is 26.5 Å². The summed E-state index contributed by atoms with van der Waals surface area (Å²) in [7, 11) is 3.47. The van der Waals surface area contributed by atoms with Crippen LogP contribution in [-0.4, -0.2) is 55.9 Å². The molecule has 1 aliphatic rings. The van der Waals surface area contributed by atoms with Gasteiger partial charge in [-0.05, 0) is 12.8 Å². The average molecular weight is 356 g/mol. The second kappa shape index (κ2) is 7.16. The van der Waals surface area contributed by atoms with Gasteiger partial charge in [0.2, 0.25) is 11.7 Å². The Morgan fingerprint density at radius 2 is 2.27 bits per heavy atom. The molecule has 1 unspecified atom stereocenters. The summed E-state index contributed by atoms with van der Waals surface area (Å²) in [5.41, 5.74) is 2.75. The second-order valence-electron chi connectivity index (χ2n) is 6.13. The number of anilines is 1. The zero-order valence-corrected chi connectivity index (χ0v) is 14.7. The maximum absolute atomic E-state index is 5.51. The first-order valence-electron chi connectivity index (χ1n) is 8.52. The van der Waals surface area contributed by atoms with E-state index in [2.05, 4.69) is 35.7 Å². The fraction of sp³-hybridized carbons (Fsp3) is 0.500. The van der Waals surface area contributed by atoms with Crippen LogP contribution in [-0.2, 0) is 24.1 Å². The third kappa shape index (κ3) is 3.15. The van der Waals surface area contributed by atoms with E-state index in [0.29, 0.717) is 36.4 Å². The van der Waals surface area contributed by atoms with Crippen molar-refractivity contribution in [2.75, 3.05) is 26.1 Å². The summed E-state index contributed by atoms with van der Waals surface area (Å²) < 4.78 is 12.6. The van der Waals surface area contributed by atoms with Crippen molar-refractivity contribution in [3.05, 3.63) is 29.7 Å². The lowest BCUT2D eigenvalue weighted by Crippen LogP contribution is -2.18. The van der Waals surface area contributed by atoms with Gasteiger partial charge >= 0.3 is 0 Å². The third-order valence-corrected chi connectivity index (χ3v) is 4.52. The largest absolute Gasteiger partial charge is 0.383 e. The number of ether oxygens (including phenoxy) is 1. The third-order valence-electron chi connectivity index (χ3n) is 4.52. The van der Waals surface area contributed by atoms with Crippen LogP contribution in [0.2, 0.25) is 0 Å². The minimum absolute atomic E-state index is 0.146. The van der Waals surface area contributed by atoms with Gasteiger partial charge in [-0.2, -0.15) is 4.98 Å². The van der Waals surface area contributed by atoms with E-state index in [1.165, 1.54) is 0 Å². The first-order valence-corrected chi connectivity index (χ1v) is 8.52. The fourth-order valence-electron chi connectivity index (χ4n) is 3.08. The number of rotatable bonds is 6. The molecule has 3 aromatic rings. The molecule has 0 spiro atoms. The Labute approximate surface area is 150 Å². The molecular weight excluding hydrogens is 336 g/mol. The molecule has 0 fully saturated rings. The molecule has 10 nitrogen and oxygen atoms in total. The average Bonchev–Trinajstić information content (AvgIpc) is 3.33. The molecule has 10 heteroatoms. The van der Waals surface area contributed by atoms with E-state index in [1.54, 1.807) is 26.6 Å². The normalized spacial score (nSPS) is 16.5. The lowest BCUT2D eigenvalue weighted by atomic mass is 9.89. The Kier molecular flexibility index (Phi) is 4.57. The second-order valence-corrected chi connectivity index (χ2v) is 6.13. The van der Waals surface area contributed by atoms with E-state index in [4.69, 9.17) is 9.26 Å². The number of aromatic nitrogens is 7. The summed E-state index contributed by atoms with van der Waals surface area (Å²) >= 11 is 0. The summed E-state index contributed by atoms with van der Waals surface area (Å²) in [5, 5.41) is 15.5. The molecule has 26 heavy (non-hydrogen) atoms. The number of hydrogen-bond donors (Lipinski definition) is 1. The van der Waals surface area contributed by atoms with Crippen LogP contribution in [0.15, 0.2) is 16.9 Å². The fourth-order valence-corrected chi connectivity index (χ4v) is 3.08. The molecule has 0 saturated carbocycles. The van der Waals surface area contributed by atoms with Crippen molar-refractivity contribution in [3.63, 3.8) is 0 Å². The van der Waals surface area contributed by atoms with Crippen LogP contribution in [0.4, 0.5) is 5.82 Å². The van der Waals surface area contributed by atoms with Crippen LogP contribution < -0.4 is 5.32 Å². The maximum Gasteiger partial charge on any atom is 0.230 e. The van der Waals surface area contributed by atoms with Crippen molar-refractivity contribution in [2.45, 2.75) is 31.7 Å². The molecule has 3 aromatic heterocycles. The van der Waals surface area contributed by atoms with E-state index < -0.39 is 0 Å². The van der Waals surface area contributed by atoms with Crippen molar-refractivity contribution >= 4 is 5.82 Å². The number of nitrogens with one attached hydrogen (secondary N) is 1. The van der Waals surface area contributed by atoms with Gasteiger partial charge in [-0.15, -0.1) is 5.10 Å². The lowest BCUT2D eigenvalue weighted by Gasteiger charge is -2.18. The van der Waals surface area contributed by atoms with Gasteiger partial charge < -0.3 is 14.6 Å². The molecule has 1 N–H and O–H groups in total. The Bertz CT molecular complexity index is 873. The zero-order chi connectivity index (χ0) is 17.9. The predicted molar refractivity (Wildman–Crippen MR) is 91.5 cm³/mol. The van der Waals surface area contributed by atoms with Crippen LogP contribution in [0.1, 0.15) is 29.6 Å². The molecule has 1 aliphatic carbocycles. The van der Waals surface area contributed by atoms with E-state index in [-0.39, 0.29) is 5.92 Å². The number of aryl methyl sites for hydroxylation is 1. The first kappa shape index (κ1) is 16.6. The van der Waals surface area contributed by atoms with Crippen LogP contribution in [0.3, 0.4) is 0 Å². The molecule has 136 valence electrons. The van der Waals surface area contributed by atoms with E-state index in [0.717, 1.165) is 30.7 Å². The van der Waals surface area contributed by atoms with Crippen LogP contribution in [0.25, 0.3) is 11.5 Å². The summed E-state index contributed by atoms with van der Waals surface area (Å²) in [6.07, 6.45) is 5.79. The SMILES string of the molecule is CNc1cnc(-c2noc(C3CCc4nnn(CCOC)c4C3)n2)cn1. The Balaban J connectivity index is 1.52. The monoisotopic (exact) mass is 356 g/mol. The minimum Gasteiger partial charge on any atom is -0.383 e. The van der Waals surface area contributed by atoms with Gasteiger partial charge in [0.15, 0.2) is 0 Å². The van der Waals surface area contributed by atoms with E-state index in [9.17, 15) is 0 Å². The zero-order valence-electron chi connectivity index (χ0n) is 14.7. The molecule has 3 heterocycles. The molecule has 0 amide bonds. The van der Waals surface area contributed by atoms with Crippen molar-refractivity contribution in [1.29, 1.82) is 0 Å². The number of hydrogen-bond acceptors (Lipinski definition) is 9. The minimum atomic E-state index is 0.146. The van der Waals surface area contributed by atoms with Gasteiger partial charge in [0.1, 0.15) is 11.5 Å². The highest BCUT2D eigenvalue weighted by Crippen LogP contribution is 2.31. The van der Waals surface area contributed by atoms with Gasteiger partial charge in [-0.3, -0.25) is 0 Å². The Morgan fingerprint density at radius 3 is 3.04 bits per heavy atom. The lowest BCUT2D eigenvalue weighted by molar-refractivity contribution is 0.181. The van der Waals surface area contributed by atoms with Crippen LogP contribution in [0, 0.1) is 0 Å². The molecule has 4 rings (SSSR count). The van der Waals surface area contributed by atoms with Crippen molar-refractivity contribution in [2.24, 2.45) is 0 Å². The number of methoxy groups -OCH3 is 1. The molecule has 0 aromatic carbocycles. The van der Waals surface area contributed by atoms with Crippen LogP contribution >= 0.6 is 0 Å².